The minimum absolute atomic E-state index is 0. The van der Waals surface area contributed by atoms with Crippen molar-refractivity contribution < 1.29 is 37.7 Å². The van der Waals surface area contributed by atoms with Gasteiger partial charge >= 0.3 is 37.7 Å². The first-order valence-electron chi connectivity index (χ1n) is 4.07. The van der Waals surface area contributed by atoms with Crippen LogP contribution in [0.15, 0.2) is 30.3 Å². The van der Waals surface area contributed by atoms with Crippen molar-refractivity contribution in [3.8, 4) is 0 Å². The molecule has 1 aliphatic rings. The van der Waals surface area contributed by atoms with Crippen LogP contribution in [0.2, 0.25) is 0 Å². The summed E-state index contributed by atoms with van der Waals surface area (Å²) in [7, 11) is 0. The zero-order valence-corrected chi connectivity index (χ0v) is 8.80. The standard InChI is InChI=1S/C11H12.2Li/c1-9-7-11(8-9)10-5-3-2-4-6-10;;/h2-6H,7-8H2,1H3;;/q-2;2*+1. The maximum absolute atomic E-state index is 2.23. The number of rotatable bonds is 1. The average molecular weight is 158 g/mol. The molecule has 0 aliphatic heterocycles. The Morgan fingerprint density at radius 3 is 2.00 bits per heavy atom. The van der Waals surface area contributed by atoms with Crippen LogP contribution in [0.1, 0.15) is 25.3 Å². The van der Waals surface area contributed by atoms with E-state index in [2.05, 4.69) is 37.3 Å². The molecular weight excluding hydrogens is 146 g/mol. The molecule has 2 rings (SSSR count). The van der Waals surface area contributed by atoms with Crippen LogP contribution in [0.25, 0.3) is 0 Å². The van der Waals surface area contributed by atoms with Crippen molar-refractivity contribution in [2.24, 2.45) is 0 Å². The van der Waals surface area contributed by atoms with Gasteiger partial charge in [0, 0.05) is 0 Å². The van der Waals surface area contributed by atoms with Crippen LogP contribution < -0.4 is 37.7 Å². The van der Waals surface area contributed by atoms with Gasteiger partial charge < -0.3 is 5.92 Å². The van der Waals surface area contributed by atoms with Gasteiger partial charge in [-0.3, -0.25) is 0 Å². The van der Waals surface area contributed by atoms with Crippen molar-refractivity contribution in [1.82, 2.24) is 0 Å². The van der Waals surface area contributed by atoms with E-state index >= 15 is 0 Å². The second-order valence-electron chi connectivity index (χ2n) is 3.28. The first-order valence-corrected chi connectivity index (χ1v) is 4.07. The molecule has 58 valence electrons. The molecule has 0 unspecified atom stereocenters. The topological polar surface area (TPSA) is 0 Å². The fraction of sp³-hybridized carbons (Fsp3) is 0.273. The molecule has 0 amide bonds. The average Bonchev–Trinajstić information content (AvgIpc) is 2.01. The summed E-state index contributed by atoms with van der Waals surface area (Å²) in [4.78, 5) is 0. The Morgan fingerprint density at radius 1 is 1.00 bits per heavy atom. The molecule has 13 heavy (non-hydrogen) atoms. The maximum atomic E-state index is 2.23. The van der Waals surface area contributed by atoms with Crippen LogP contribution >= 0.6 is 0 Å². The van der Waals surface area contributed by atoms with E-state index in [0.29, 0.717) is 0 Å². The molecule has 0 aromatic heterocycles. The van der Waals surface area contributed by atoms with Crippen LogP contribution in [0.3, 0.4) is 0 Å². The Labute approximate surface area is 105 Å². The molecule has 1 aliphatic carbocycles. The molecule has 0 bridgehead atoms. The largest absolute Gasteiger partial charge is 1.00 e. The van der Waals surface area contributed by atoms with Crippen molar-refractivity contribution >= 4 is 0 Å². The van der Waals surface area contributed by atoms with E-state index in [-0.39, 0.29) is 37.7 Å². The van der Waals surface area contributed by atoms with Crippen molar-refractivity contribution in [3.05, 3.63) is 47.7 Å². The van der Waals surface area contributed by atoms with Crippen LogP contribution in [0.5, 0.6) is 0 Å². The van der Waals surface area contributed by atoms with Crippen molar-refractivity contribution in [2.75, 3.05) is 0 Å². The van der Waals surface area contributed by atoms with Gasteiger partial charge in [-0.15, -0.1) is 12.1 Å². The molecule has 0 atom stereocenters. The quantitative estimate of drug-likeness (QED) is 0.302. The Kier molecular flexibility index (Phi) is 6.03. The Morgan fingerprint density at radius 2 is 1.54 bits per heavy atom. The fourth-order valence-electron chi connectivity index (χ4n) is 1.55. The van der Waals surface area contributed by atoms with Gasteiger partial charge in [0.25, 0.3) is 0 Å². The normalized spacial score (nSPS) is 15.3. The molecular formula is C11H12Li2. The predicted octanol–water partition coefficient (Wildman–Crippen LogP) is -2.99. The SMILES string of the molecule is C[C-]1C[C-](c2ccccc2)C1.[Li+].[Li+]. The summed E-state index contributed by atoms with van der Waals surface area (Å²) in [5, 5.41) is 0. The number of hydrogen-bond acceptors (Lipinski definition) is 0. The summed E-state index contributed by atoms with van der Waals surface area (Å²) in [6.45, 7) is 2.23. The molecule has 0 radical (unpaired) electrons. The van der Waals surface area contributed by atoms with E-state index in [9.17, 15) is 0 Å². The van der Waals surface area contributed by atoms with Gasteiger partial charge in [-0.1, -0.05) is 6.07 Å². The zero-order chi connectivity index (χ0) is 7.68. The van der Waals surface area contributed by atoms with Crippen molar-refractivity contribution in [2.45, 2.75) is 19.8 Å². The second kappa shape index (κ2) is 5.90. The van der Waals surface area contributed by atoms with Crippen molar-refractivity contribution in [3.63, 3.8) is 0 Å². The monoisotopic (exact) mass is 158 g/mol. The summed E-state index contributed by atoms with van der Waals surface area (Å²) in [5.41, 5.74) is 1.43. The van der Waals surface area contributed by atoms with Gasteiger partial charge in [-0.05, 0) is 0 Å². The maximum Gasteiger partial charge on any atom is 1.00 e. The second-order valence-corrected chi connectivity index (χ2v) is 3.28. The van der Waals surface area contributed by atoms with Crippen LogP contribution in [0.4, 0.5) is 0 Å². The molecule has 1 fully saturated rings. The van der Waals surface area contributed by atoms with E-state index in [1.165, 1.54) is 18.4 Å². The Hall–Kier alpha value is 0.285. The van der Waals surface area contributed by atoms with Gasteiger partial charge in [0.05, 0.1) is 0 Å². The molecule has 0 N–H and O–H groups in total. The predicted molar refractivity (Wildman–Crippen MR) is 46.9 cm³/mol. The first kappa shape index (κ1) is 13.3. The van der Waals surface area contributed by atoms with E-state index in [1.807, 2.05) is 0 Å². The van der Waals surface area contributed by atoms with E-state index in [4.69, 9.17) is 0 Å². The third-order valence-corrected chi connectivity index (χ3v) is 2.21. The molecule has 1 saturated carbocycles. The molecule has 0 saturated heterocycles. The fourth-order valence-corrected chi connectivity index (χ4v) is 1.55. The number of hydrogen-bond donors (Lipinski definition) is 0. The summed E-state index contributed by atoms with van der Waals surface area (Å²) in [5.74, 6) is 3.21. The minimum Gasteiger partial charge on any atom is -0.331 e. The molecule has 0 spiro atoms. The molecule has 1 aromatic rings. The van der Waals surface area contributed by atoms with Gasteiger partial charge in [0.2, 0.25) is 0 Å². The molecule has 0 heterocycles. The Balaban J connectivity index is 0.000000720. The first-order chi connectivity index (χ1) is 5.36. The van der Waals surface area contributed by atoms with Gasteiger partial charge in [-0.2, -0.15) is 24.6 Å². The molecule has 0 nitrogen and oxygen atoms in total. The summed E-state index contributed by atoms with van der Waals surface area (Å²) >= 11 is 0. The number of benzene rings is 1. The Bertz CT molecular complexity index is 227. The molecule has 2 heteroatoms. The molecule has 1 aromatic carbocycles. The third kappa shape index (κ3) is 3.16. The minimum atomic E-state index is 0. The van der Waals surface area contributed by atoms with E-state index in [0.717, 1.165) is 0 Å². The smallest absolute Gasteiger partial charge is 0.331 e. The van der Waals surface area contributed by atoms with Crippen LogP contribution in [-0.2, 0) is 0 Å². The summed E-state index contributed by atoms with van der Waals surface area (Å²) in [6.07, 6.45) is 2.45. The summed E-state index contributed by atoms with van der Waals surface area (Å²) in [6, 6.07) is 10.7. The third-order valence-electron chi connectivity index (χ3n) is 2.21. The van der Waals surface area contributed by atoms with E-state index < -0.39 is 0 Å². The van der Waals surface area contributed by atoms with E-state index in [1.54, 1.807) is 11.8 Å². The van der Waals surface area contributed by atoms with Gasteiger partial charge in [-0.25, -0.2) is 18.8 Å². The van der Waals surface area contributed by atoms with Gasteiger partial charge in [0.15, 0.2) is 0 Å². The van der Waals surface area contributed by atoms with Crippen LogP contribution in [0, 0.1) is 11.8 Å². The zero-order valence-electron chi connectivity index (χ0n) is 8.80. The van der Waals surface area contributed by atoms with Gasteiger partial charge in [0.1, 0.15) is 0 Å². The van der Waals surface area contributed by atoms with Crippen molar-refractivity contribution in [1.29, 1.82) is 0 Å². The van der Waals surface area contributed by atoms with Crippen LogP contribution in [-0.4, -0.2) is 0 Å². The summed E-state index contributed by atoms with van der Waals surface area (Å²) < 4.78 is 0.